The maximum absolute atomic E-state index is 13.0. The zero-order chi connectivity index (χ0) is 19.7. The molecule has 0 unspecified atom stereocenters. The van der Waals surface area contributed by atoms with Gasteiger partial charge in [-0.05, 0) is 24.3 Å². The highest BCUT2D eigenvalue weighted by molar-refractivity contribution is 6.30. The van der Waals surface area contributed by atoms with Crippen LogP contribution >= 0.6 is 11.6 Å². The first-order chi connectivity index (χ1) is 13.6. The van der Waals surface area contributed by atoms with E-state index in [2.05, 4.69) is 5.10 Å². The first-order valence-corrected chi connectivity index (χ1v) is 8.81. The van der Waals surface area contributed by atoms with E-state index in [9.17, 15) is 9.59 Å². The van der Waals surface area contributed by atoms with Gasteiger partial charge in [0.2, 0.25) is 0 Å². The number of hydrogen-bond donors (Lipinski definition) is 0. The predicted molar refractivity (Wildman–Crippen MR) is 101 cm³/mol. The molecule has 0 saturated heterocycles. The summed E-state index contributed by atoms with van der Waals surface area (Å²) in [6.45, 7) is 0.377. The summed E-state index contributed by atoms with van der Waals surface area (Å²) in [5.74, 6) is 0.368. The highest BCUT2D eigenvalue weighted by Crippen LogP contribution is 2.31. The number of rotatable bonds is 4. The van der Waals surface area contributed by atoms with Gasteiger partial charge in [-0.1, -0.05) is 29.8 Å². The summed E-state index contributed by atoms with van der Waals surface area (Å²) in [7, 11) is 1.33. The molecular weight excluding hydrogens is 386 g/mol. The minimum absolute atomic E-state index is 0.0493. The Balaban J connectivity index is 1.88. The third-order valence-corrected chi connectivity index (χ3v) is 4.52. The van der Waals surface area contributed by atoms with Crippen molar-refractivity contribution in [1.82, 2.24) is 14.3 Å². The summed E-state index contributed by atoms with van der Waals surface area (Å²) in [5.41, 5.74) is 0.625. The van der Waals surface area contributed by atoms with Gasteiger partial charge in [0.05, 0.1) is 25.9 Å². The minimum Gasteiger partial charge on any atom is -0.476 e. The summed E-state index contributed by atoms with van der Waals surface area (Å²) in [6, 6.07) is 12.2. The van der Waals surface area contributed by atoms with Gasteiger partial charge in [-0.15, -0.1) is 5.10 Å². The third kappa shape index (κ3) is 3.28. The van der Waals surface area contributed by atoms with E-state index in [1.165, 1.54) is 7.11 Å². The van der Waals surface area contributed by atoms with Crippen molar-refractivity contribution in [3.05, 3.63) is 79.5 Å². The van der Waals surface area contributed by atoms with Gasteiger partial charge < -0.3 is 14.2 Å². The molecule has 0 spiro atoms. The first-order valence-electron chi connectivity index (χ1n) is 8.44. The smallest absolute Gasteiger partial charge is 0.352 e. The Morgan fingerprint density at radius 1 is 1.21 bits per heavy atom. The Labute approximate surface area is 164 Å². The molecule has 0 N–H and O–H groups in total. The topological polar surface area (TPSA) is 84.6 Å². The molecule has 3 aromatic rings. The van der Waals surface area contributed by atoms with Crippen LogP contribution in [0.3, 0.4) is 0 Å². The summed E-state index contributed by atoms with van der Waals surface area (Å²) in [4.78, 5) is 25.8. The van der Waals surface area contributed by atoms with Gasteiger partial charge in [0.15, 0.2) is 6.79 Å². The Morgan fingerprint density at radius 2 is 2.00 bits per heavy atom. The average molecular weight is 402 g/mol. The fraction of sp³-hybridized carbons (Fsp3) is 0.211. The summed E-state index contributed by atoms with van der Waals surface area (Å²) < 4.78 is 18.1. The van der Waals surface area contributed by atoms with Crippen LogP contribution in [0.1, 0.15) is 11.1 Å². The number of para-hydroxylation sites is 1. The van der Waals surface area contributed by atoms with Crippen molar-refractivity contribution in [2.45, 2.75) is 13.2 Å². The molecule has 0 atom stereocenters. The minimum atomic E-state index is -0.638. The van der Waals surface area contributed by atoms with E-state index in [-0.39, 0.29) is 19.2 Å². The number of aromatic nitrogens is 3. The number of hydrogen-bond acceptors (Lipinski definition) is 6. The van der Waals surface area contributed by atoms with E-state index >= 15 is 0 Å². The maximum Gasteiger partial charge on any atom is 0.352 e. The van der Waals surface area contributed by atoms with Crippen molar-refractivity contribution >= 4 is 11.6 Å². The molecule has 0 aliphatic carbocycles. The number of fused-ring (bicyclic) bond motifs is 1. The van der Waals surface area contributed by atoms with E-state index in [1.807, 2.05) is 6.07 Å². The number of ether oxygens (including phenoxy) is 3. The molecule has 0 saturated carbocycles. The van der Waals surface area contributed by atoms with E-state index in [0.29, 0.717) is 28.6 Å². The van der Waals surface area contributed by atoms with Crippen molar-refractivity contribution in [3.8, 4) is 17.3 Å². The standard InChI is InChI=1S/C19H16ClN3O5/c1-26-17-18(24)22(19(25)23(21-17)15-5-3-2-4-6-15)9-12-7-14(20)8-13-10-27-11-28-16(12)13/h2-8H,9-11H2,1H3. The van der Waals surface area contributed by atoms with E-state index in [1.54, 1.807) is 36.4 Å². The average Bonchev–Trinajstić information content (AvgIpc) is 2.71. The van der Waals surface area contributed by atoms with Crippen LogP contribution in [-0.2, 0) is 17.9 Å². The molecule has 2 heterocycles. The van der Waals surface area contributed by atoms with Crippen LogP contribution in [0.2, 0.25) is 5.02 Å². The van der Waals surface area contributed by atoms with Gasteiger partial charge in [-0.2, -0.15) is 4.68 Å². The molecule has 2 aromatic carbocycles. The zero-order valence-corrected chi connectivity index (χ0v) is 15.7. The molecular formula is C19H16ClN3O5. The molecule has 28 heavy (non-hydrogen) atoms. The van der Waals surface area contributed by atoms with E-state index < -0.39 is 11.2 Å². The van der Waals surface area contributed by atoms with Gasteiger partial charge in [0.25, 0.3) is 5.88 Å². The van der Waals surface area contributed by atoms with Gasteiger partial charge in [-0.3, -0.25) is 4.79 Å². The molecule has 144 valence electrons. The van der Waals surface area contributed by atoms with Gasteiger partial charge in [-0.25, -0.2) is 9.36 Å². The molecule has 0 bridgehead atoms. The first kappa shape index (κ1) is 18.3. The van der Waals surface area contributed by atoms with Crippen molar-refractivity contribution in [2.75, 3.05) is 13.9 Å². The molecule has 8 nitrogen and oxygen atoms in total. The number of benzene rings is 2. The number of halogens is 1. The van der Waals surface area contributed by atoms with Crippen molar-refractivity contribution < 1.29 is 14.2 Å². The van der Waals surface area contributed by atoms with Crippen LogP contribution in [0.15, 0.2) is 52.1 Å². The SMILES string of the molecule is COc1nn(-c2ccccc2)c(=O)n(Cc2cc(Cl)cc3c2OCOC3)c1=O. The Hall–Kier alpha value is -3.10. The summed E-state index contributed by atoms with van der Waals surface area (Å²) in [5, 5.41) is 4.50. The third-order valence-electron chi connectivity index (χ3n) is 4.31. The molecule has 4 rings (SSSR count). The summed E-state index contributed by atoms with van der Waals surface area (Å²) in [6.07, 6.45) is 0. The lowest BCUT2D eigenvalue weighted by molar-refractivity contribution is -0.0171. The molecule has 0 amide bonds. The Morgan fingerprint density at radius 3 is 2.75 bits per heavy atom. The monoisotopic (exact) mass is 401 g/mol. The molecule has 1 aliphatic rings. The lowest BCUT2D eigenvalue weighted by atomic mass is 10.1. The van der Waals surface area contributed by atoms with Crippen LogP contribution in [0.5, 0.6) is 11.6 Å². The molecule has 9 heteroatoms. The molecule has 0 fully saturated rings. The van der Waals surface area contributed by atoms with Crippen molar-refractivity contribution in [1.29, 1.82) is 0 Å². The van der Waals surface area contributed by atoms with Crippen LogP contribution in [0.25, 0.3) is 5.69 Å². The highest BCUT2D eigenvalue weighted by Gasteiger charge is 2.20. The van der Waals surface area contributed by atoms with Gasteiger partial charge >= 0.3 is 11.2 Å². The van der Waals surface area contributed by atoms with Gasteiger partial charge in [0.1, 0.15) is 5.75 Å². The second-order valence-electron chi connectivity index (χ2n) is 6.09. The molecule has 1 aliphatic heterocycles. The van der Waals surface area contributed by atoms with E-state index in [4.69, 9.17) is 25.8 Å². The number of nitrogens with zero attached hydrogens (tertiary/aromatic N) is 3. The lowest BCUT2D eigenvalue weighted by Crippen LogP contribution is -2.41. The summed E-state index contributed by atoms with van der Waals surface area (Å²) >= 11 is 6.19. The fourth-order valence-electron chi connectivity index (χ4n) is 3.04. The highest BCUT2D eigenvalue weighted by atomic mass is 35.5. The second-order valence-corrected chi connectivity index (χ2v) is 6.53. The van der Waals surface area contributed by atoms with Crippen LogP contribution < -0.4 is 20.7 Å². The Kier molecular flexibility index (Phi) is 4.89. The maximum atomic E-state index is 13.0. The fourth-order valence-corrected chi connectivity index (χ4v) is 3.31. The van der Waals surface area contributed by atoms with Crippen molar-refractivity contribution in [3.63, 3.8) is 0 Å². The second kappa shape index (κ2) is 7.49. The quantitative estimate of drug-likeness (QED) is 0.664. The zero-order valence-electron chi connectivity index (χ0n) is 14.9. The predicted octanol–water partition coefficient (Wildman–Crippen LogP) is 1.97. The number of methoxy groups -OCH3 is 1. The van der Waals surface area contributed by atoms with E-state index in [0.717, 1.165) is 14.8 Å². The molecule has 0 radical (unpaired) electrons. The largest absolute Gasteiger partial charge is 0.476 e. The van der Waals surface area contributed by atoms with Crippen LogP contribution in [0, 0.1) is 0 Å². The van der Waals surface area contributed by atoms with Gasteiger partial charge in [0, 0.05) is 16.1 Å². The normalized spacial score (nSPS) is 12.9. The van der Waals surface area contributed by atoms with Crippen LogP contribution in [-0.4, -0.2) is 28.3 Å². The lowest BCUT2D eigenvalue weighted by Gasteiger charge is -2.21. The van der Waals surface area contributed by atoms with Crippen molar-refractivity contribution in [2.24, 2.45) is 0 Å². The van der Waals surface area contributed by atoms with Crippen LogP contribution in [0.4, 0.5) is 0 Å². The molecule has 1 aromatic heterocycles. The Bertz CT molecular complexity index is 1140.